The second kappa shape index (κ2) is 6.05. The van der Waals surface area contributed by atoms with E-state index in [-0.39, 0.29) is 12.4 Å². The molecule has 0 spiro atoms. The smallest absolute Gasteiger partial charge is 0.200 e. The lowest BCUT2D eigenvalue weighted by Crippen LogP contribution is -2.12. The first-order valence-corrected chi connectivity index (χ1v) is 6.15. The molecule has 0 bridgehead atoms. The van der Waals surface area contributed by atoms with Gasteiger partial charge in [0.25, 0.3) is 0 Å². The quantitative estimate of drug-likeness (QED) is 0.769. The Morgan fingerprint density at radius 3 is 2.21 bits per heavy atom. The molecule has 0 N–H and O–H groups in total. The highest BCUT2D eigenvalue weighted by Gasteiger charge is 2.07. The molecule has 2 aromatic carbocycles. The van der Waals surface area contributed by atoms with Crippen molar-refractivity contribution >= 4 is 11.5 Å². The van der Waals surface area contributed by atoms with Gasteiger partial charge in [0.2, 0.25) is 0 Å². The van der Waals surface area contributed by atoms with Crippen molar-refractivity contribution in [1.82, 2.24) is 0 Å². The van der Waals surface area contributed by atoms with Crippen molar-refractivity contribution in [3.8, 4) is 5.75 Å². The average molecular weight is 255 g/mol. The van der Waals surface area contributed by atoms with Crippen LogP contribution in [0, 0.1) is 0 Å². The Kier molecular flexibility index (Phi) is 4.18. The van der Waals surface area contributed by atoms with Gasteiger partial charge < -0.3 is 9.64 Å². The van der Waals surface area contributed by atoms with Crippen LogP contribution in [-0.4, -0.2) is 26.5 Å². The van der Waals surface area contributed by atoms with Crippen LogP contribution in [0.15, 0.2) is 54.6 Å². The van der Waals surface area contributed by atoms with Gasteiger partial charge in [0.05, 0.1) is 0 Å². The molecule has 19 heavy (non-hydrogen) atoms. The van der Waals surface area contributed by atoms with Crippen molar-refractivity contribution in [3.63, 3.8) is 0 Å². The molecule has 0 radical (unpaired) electrons. The lowest BCUT2D eigenvalue weighted by molar-refractivity contribution is 0.0921. The first-order chi connectivity index (χ1) is 9.16. The van der Waals surface area contributed by atoms with Crippen LogP contribution in [-0.2, 0) is 0 Å². The van der Waals surface area contributed by atoms with Gasteiger partial charge in [0.15, 0.2) is 12.4 Å². The van der Waals surface area contributed by atoms with E-state index >= 15 is 0 Å². The zero-order chi connectivity index (χ0) is 13.7. The second-order valence-electron chi connectivity index (χ2n) is 4.47. The fourth-order valence-corrected chi connectivity index (χ4v) is 1.69. The van der Waals surface area contributed by atoms with Crippen LogP contribution in [0.5, 0.6) is 5.75 Å². The fraction of sp³-hybridized carbons (Fsp3) is 0.188. The molecular formula is C16H17NO2. The third kappa shape index (κ3) is 3.58. The fourth-order valence-electron chi connectivity index (χ4n) is 1.69. The number of hydrogen-bond acceptors (Lipinski definition) is 3. The molecule has 0 aromatic heterocycles. The van der Waals surface area contributed by atoms with Crippen LogP contribution in [0.1, 0.15) is 10.4 Å². The summed E-state index contributed by atoms with van der Waals surface area (Å²) in [5, 5.41) is 0. The Bertz CT molecular complexity index is 532. The number of carbonyl (C=O) groups excluding carboxylic acids is 1. The van der Waals surface area contributed by atoms with Gasteiger partial charge in [-0.05, 0) is 36.4 Å². The number of ether oxygens (including phenoxy) is 1. The minimum Gasteiger partial charge on any atom is -0.485 e. The predicted molar refractivity (Wildman–Crippen MR) is 77.0 cm³/mol. The van der Waals surface area contributed by atoms with Crippen molar-refractivity contribution in [1.29, 1.82) is 0 Å². The first-order valence-electron chi connectivity index (χ1n) is 6.15. The summed E-state index contributed by atoms with van der Waals surface area (Å²) in [7, 11) is 3.94. The number of ketones is 1. The van der Waals surface area contributed by atoms with E-state index in [1.54, 1.807) is 0 Å². The maximum atomic E-state index is 12.0. The van der Waals surface area contributed by atoms with Gasteiger partial charge in [-0.3, -0.25) is 4.79 Å². The molecule has 0 atom stereocenters. The summed E-state index contributed by atoms with van der Waals surface area (Å²) in [5.74, 6) is 0.690. The monoisotopic (exact) mass is 255 g/mol. The molecule has 3 heteroatoms. The van der Waals surface area contributed by atoms with Crippen molar-refractivity contribution in [2.24, 2.45) is 0 Å². The van der Waals surface area contributed by atoms with Gasteiger partial charge in [-0.2, -0.15) is 0 Å². The van der Waals surface area contributed by atoms with E-state index in [0.717, 1.165) is 5.69 Å². The number of hydrogen-bond donors (Lipinski definition) is 0. The lowest BCUT2D eigenvalue weighted by Gasteiger charge is -2.12. The standard InChI is InChI=1S/C16H17NO2/c1-17(2)14-10-8-13(9-11-14)16(18)12-19-15-6-4-3-5-7-15/h3-11H,12H2,1-2H3. The number of benzene rings is 2. The van der Waals surface area contributed by atoms with Crippen LogP contribution in [0.25, 0.3) is 0 Å². The summed E-state index contributed by atoms with van der Waals surface area (Å²) >= 11 is 0. The Hall–Kier alpha value is -2.29. The second-order valence-corrected chi connectivity index (χ2v) is 4.47. The summed E-state index contributed by atoms with van der Waals surface area (Å²) in [6, 6.07) is 16.8. The lowest BCUT2D eigenvalue weighted by atomic mass is 10.1. The Balaban J connectivity index is 1.96. The minimum absolute atomic E-state index is 0.0193. The van der Waals surface area contributed by atoms with E-state index in [9.17, 15) is 4.79 Å². The Labute approximate surface area is 113 Å². The Morgan fingerprint density at radius 2 is 1.63 bits per heavy atom. The molecule has 0 saturated carbocycles. The molecule has 0 aliphatic rings. The zero-order valence-corrected chi connectivity index (χ0v) is 11.2. The van der Waals surface area contributed by atoms with Gasteiger partial charge in [0.1, 0.15) is 5.75 Å². The molecule has 2 aromatic rings. The topological polar surface area (TPSA) is 29.5 Å². The van der Waals surface area contributed by atoms with Gasteiger partial charge in [0, 0.05) is 25.3 Å². The maximum Gasteiger partial charge on any atom is 0.200 e. The molecule has 2 rings (SSSR count). The van der Waals surface area contributed by atoms with Gasteiger partial charge in [-0.25, -0.2) is 0 Å². The highest BCUT2D eigenvalue weighted by molar-refractivity contribution is 5.97. The van der Waals surface area contributed by atoms with E-state index in [1.807, 2.05) is 73.6 Å². The number of Topliss-reactive ketones (excluding diaryl/α,β-unsaturated/α-hetero) is 1. The summed E-state index contributed by atoms with van der Waals surface area (Å²) in [4.78, 5) is 14.0. The van der Waals surface area contributed by atoms with Crippen LogP contribution in [0.3, 0.4) is 0 Å². The average Bonchev–Trinajstić information content (AvgIpc) is 2.46. The number of nitrogens with zero attached hydrogens (tertiary/aromatic N) is 1. The highest BCUT2D eigenvalue weighted by Crippen LogP contribution is 2.13. The summed E-state index contributed by atoms with van der Waals surface area (Å²) in [6.07, 6.45) is 0. The maximum absolute atomic E-state index is 12.0. The SMILES string of the molecule is CN(C)c1ccc(C(=O)COc2ccccc2)cc1. The number of carbonyl (C=O) groups is 1. The van der Waals surface area contributed by atoms with Crippen LogP contribution < -0.4 is 9.64 Å². The molecule has 0 fully saturated rings. The normalized spacial score (nSPS) is 10.0. The molecule has 0 saturated heterocycles. The minimum atomic E-state index is -0.0193. The number of anilines is 1. The number of rotatable bonds is 5. The van der Waals surface area contributed by atoms with E-state index in [2.05, 4.69) is 0 Å². The van der Waals surface area contributed by atoms with Crippen LogP contribution >= 0.6 is 0 Å². The Morgan fingerprint density at radius 1 is 1.00 bits per heavy atom. The number of para-hydroxylation sites is 1. The molecule has 0 aliphatic heterocycles. The third-order valence-corrected chi connectivity index (χ3v) is 2.82. The molecule has 3 nitrogen and oxygen atoms in total. The van der Waals surface area contributed by atoms with Crippen molar-refractivity contribution in [3.05, 3.63) is 60.2 Å². The van der Waals surface area contributed by atoms with E-state index in [4.69, 9.17) is 4.74 Å². The van der Waals surface area contributed by atoms with E-state index in [0.29, 0.717) is 11.3 Å². The van der Waals surface area contributed by atoms with E-state index < -0.39 is 0 Å². The molecule has 0 unspecified atom stereocenters. The van der Waals surface area contributed by atoms with Gasteiger partial charge in [-0.1, -0.05) is 18.2 Å². The summed E-state index contributed by atoms with van der Waals surface area (Å²) < 4.78 is 5.44. The molecular weight excluding hydrogens is 238 g/mol. The highest BCUT2D eigenvalue weighted by atomic mass is 16.5. The predicted octanol–water partition coefficient (Wildman–Crippen LogP) is 3.01. The van der Waals surface area contributed by atoms with Crippen molar-refractivity contribution in [2.45, 2.75) is 0 Å². The van der Waals surface area contributed by atoms with Crippen molar-refractivity contribution < 1.29 is 9.53 Å². The van der Waals surface area contributed by atoms with Crippen LogP contribution in [0.4, 0.5) is 5.69 Å². The van der Waals surface area contributed by atoms with Crippen molar-refractivity contribution in [2.75, 3.05) is 25.6 Å². The summed E-state index contributed by atoms with van der Waals surface area (Å²) in [6.45, 7) is 0.0608. The molecule has 0 amide bonds. The van der Waals surface area contributed by atoms with Gasteiger partial charge in [-0.15, -0.1) is 0 Å². The summed E-state index contributed by atoms with van der Waals surface area (Å²) in [5.41, 5.74) is 1.74. The van der Waals surface area contributed by atoms with E-state index in [1.165, 1.54) is 0 Å². The zero-order valence-electron chi connectivity index (χ0n) is 11.2. The van der Waals surface area contributed by atoms with Gasteiger partial charge >= 0.3 is 0 Å². The molecule has 0 aliphatic carbocycles. The molecule has 0 heterocycles. The third-order valence-electron chi connectivity index (χ3n) is 2.82. The molecule has 98 valence electrons. The van der Waals surface area contributed by atoms with Crippen LogP contribution in [0.2, 0.25) is 0 Å². The largest absolute Gasteiger partial charge is 0.485 e. The first kappa shape index (κ1) is 13.1.